The van der Waals surface area contributed by atoms with Crippen LogP contribution in [0.3, 0.4) is 0 Å². The summed E-state index contributed by atoms with van der Waals surface area (Å²) in [4.78, 5) is 16.2. The Kier molecular flexibility index (Phi) is 8.43. The minimum Gasteiger partial charge on any atom is -0.390 e. The van der Waals surface area contributed by atoms with E-state index in [0.717, 1.165) is 26.1 Å². The Morgan fingerprint density at radius 1 is 1.43 bits per heavy atom. The van der Waals surface area contributed by atoms with E-state index in [2.05, 4.69) is 10.2 Å². The lowest BCUT2D eigenvalue weighted by atomic mass is 10.2. The molecule has 7 heteroatoms. The maximum Gasteiger partial charge on any atom is 0.266 e. The Morgan fingerprint density at radius 2 is 2.14 bits per heavy atom. The van der Waals surface area contributed by atoms with E-state index in [1.165, 1.54) is 6.20 Å². The summed E-state index contributed by atoms with van der Waals surface area (Å²) in [7, 11) is 1.64. The van der Waals surface area contributed by atoms with Crippen molar-refractivity contribution in [2.24, 2.45) is 5.73 Å². The zero-order valence-electron chi connectivity index (χ0n) is 12.7. The van der Waals surface area contributed by atoms with Gasteiger partial charge in [0.05, 0.1) is 0 Å². The zero-order chi connectivity index (χ0) is 15.5. The first kappa shape index (κ1) is 17.4. The van der Waals surface area contributed by atoms with Gasteiger partial charge in [0.2, 0.25) is 0 Å². The number of piperazine rings is 1. The molecule has 0 aromatic heterocycles. The molecule has 0 spiro atoms. The van der Waals surface area contributed by atoms with Crippen LogP contribution < -0.4 is 11.1 Å². The maximum atomic E-state index is 12.2. The Balaban J connectivity index is 2.41. The van der Waals surface area contributed by atoms with Crippen molar-refractivity contribution >= 4 is 5.91 Å². The summed E-state index contributed by atoms with van der Waals surface area (Å²) >= 11 is 0. The minimum atomic E-state index is -0.205. The largest absolute Gasteiger partial charge is 0.390 e. The van der Waals surface area contributed by atoms with Crippen LogP contribution >= 0.6 is 0 Å². The molecule has 0 radical (unpaired) electrons. The highest BCUT2D eigenvalue weighted by Gasteiger charge is 2.23. The SMILES string of the molecule is COCCCN/C=C(/C#N)C(=O)N1CCN(CCN)CC1. The van der Waals surface area contributed by atoms with Gasteiger partial charge in [0.25, 0.3) is 5.91 Å². The molecular weight excluding hydrogens is 270 g/mol. The van der Waals surface area contributed by atoms with Gasteiger partial charge in [-0.1, -0.05) is 0 Å². The molecule has 7 nitrogen and oxygen atoms in total. The lowest BCUT2D eigenvalue weighted by Gasteiger charge is -2.34. The molecule has 3 N–H and O–H groups in total. The van der Waals surface area contributed by atoms with Crippen molar-refractivity contribution in [1.29, 1.82) is 5.26 Å². The van der Waals surface area contributed by atoms with E-state index in [9.17, 15) is 4.79 Å². The Bertz CT molecular complexity index is 383. The van der Waals surface area contributed by atoms with Crippen LogP contribution in [0, 0.1) is 11.3 Å². The third-order valence-electron chi connectivity index (χ3n) is 3.37. The fraction of sp³-hybridized carbons (Fsp3) is 0.714. The standard InChI is InChI=1S/C14H25N5O2/c1-21-10-2-4-17-12-13(11-16)14(20)19-8-6-18(5-3-15)7-9-19/h12,17H,2-10,15H2,1H3/b13-12-. The van der Waals surface area contributed by atoms with E-state index in [0.29, 0.717) is 32.8 Å². The molecule has 1 aliphatic heterocycles. The van der Waals surface area contributed by atoms with Crippen LogP contribution in [-0.2, 0) is 9.53 Å². The van der Waals surface area contributed by atoms with Crippen LogP contribution in [0.15, 0.2) is 11.8 Å². The van der Waals surface area contributed by atoms with Crippen molar-refractivity contribution in [3.05, 3.63) is 11.8 Å². The van der Waals surface area contributed by atoms with Crippen molar-refractivity contribution in [3.8, 4) is 6.07 Å². The summed E-state index contributed by atoms with van der Waals surface area (Å²) < 4.78 is 4.93. The topological polar surface area (TPSA) is 94.6 Å². The number of ether oxygens (including phenoxy) is 1. The van der Waals surface area contributed by atoms with Gasteiger partial charge >= 0.3 is 0 Å². The molecule has 0 aromatic rings. The summed E-state index contributed by atoms with van der Waals surface area (Å²) in [5, 5.41) is 12.1. The minimum absolute atomic E-state index is 0.152. The van der Waals surface area contributed by atoms with Gasteiger partial charge in [0.1, 0.15) is 11.6 Å². The van der Waals surface area contributed by atoms with Gasteiger partial charge in [-0.3, -0.25) is 9.69 Å². The summed E-state index contributed by atoms with van der Waals surface area (Å²) in [5.74, 6) is -0.205. The molecule has 0 saturated carbocycles. The second-order valence-corrected chi connectivity index (χ2v) is 4.89. The van der Waals surface area contributed by atoms with Gasteiger partial charge in [0, 0.05) is 65.7 Å². The van der Waals surface area contributed by atoms with Gasteiger partial charge in [0.15, 0.2) is 0 Å². The average Bonchev–Trinajstić information content (AvgIpc) is 2.51. The molecule has 1 aliphatic rings. The highest BCUT2D eigenvalue weighted by Crippen LogP contribution is 2.06. The molecule has 1 amide bonds. The first-order valence-corrected chi connectivity index (χ1v) is 7.27. The number of hydrogen-bond acceptors (Lipinski definition) is 6. The average molecular weight is 295 g/mol. The number of methoxy groups -OCH3 is 1. The molecule has 118 valence electrons. The summed E-state index contributed by atoms with van der Waals surface area (Å²) in [6.07, 6.45) is 2.34. The van der Waals surface area contributed by atoms with Gasteiger partial charge in [-0.15, -0.1) is 0 Å². The smallest absolute Gasteiger partial charge is 0.266 e. The van der Waals surface area contributed by atoms with E-state index in [-0.39, 0.29) is 11.5 Å². The van der Waals surface area contributed by atoms with E-state index in [1.807, 2.05) is 6.07 Å². The van der Waals surface area contributed by atoms with Crippen LogP contribution in [0.5, 0.6) is 0 Å². The molecular formula is C14H25N5O2. The lowest BCUT2D eigenvalue weighted by molar-refractivity contribution is -0.128. The molecule has 0 atom stereocenters. The van der Waals surface area contributed by atoms with Gasteiger partial charge < -0.3 is 20.7 Å². The first-order chi connectivity index (χ1) is 10.2. The number of carbonyl (C=O) groups is 1. The number of rotatable bonds is 8. The fourth-order valence-corrected chi connectivity index (χ4v) is 2.16. The van der Waals surface area contributed by atoms with Crippen molar-refractivity contribution in [2.75, 3.05) is 59.5 Å². The highest BCUT2D eigenvalue weighted by molar-refractivity contribution is 5.97. The van der Waals surface area contributed by atoms with Gasteiger partial charge in [-0.2, -0.15) is 5.26 Å². The Morgan fingerprint density at radius 3 is 2.71 bits per heavy atom. The van der Waals surface area contributed by atoms with Crippen LogP contribution in [0.2, 0.25) is 0 Å². The van der Waals surface area contributed by atoms with Crippen LogP contribution in [-0.4, -0.2) is 75.2 Å². The van der Waals surface area contributed by atoms with Gasteiger partial charge in [-0.05, 0) is 6.42 Å². The van der Waals surface area contributed by atoms with E-state index in [1.54, 1.807) is 12.0 Å². The van der Waals surface area contributed by atoms with Crippen molar-refractivity contribution in [1.82, 2.24) is 15.1 Å². The normalized spacial score (nSPS) is 16.6. The number of carbonyl (C=O) groups excluding carboxylic acids is 1. The molecule has 0 aliphatic carbocycles. The third kappa shape index (κ3) is 6.12. The molecule has 1 rings (SSSR count). The summed E-state index contributed by atoms with van der Waals surface area (Å²) in [5.41, 5.74) is 5.67. The predicted octanol–water partition coefficient (Wildman–Crippen LogP) is -0.877. The molecule has 1 heterocycles. The van der Waals surface area contributed by atoms with Crippen LogP contribution in [0.25, 0.3) is 0 Å². The second kappa shape index (κ2) is 10.2. The third-order valence-corrected chi connectivity index (χ3v) is 3.37. The summed E-state index contributed by atoms with van der Waals surface area (Å²) in [6.45, 7) is 5.71. The highest BCUT2D eigenvalue weighted by atomic mass is 16.5. The maximum absolute atomic E-state index is 12.2. The number of nitrogens with zero attached hydrogens (tertiary/aromatic N) is 3. The molecule has 1 saturated heterocycles. The van der Waals surface area contributed by atoms with Crippen molar-refractivity contribution in [2.45, 2.75) is 6.42 Å². The molecule has 0 unspecified atom stereocenters. The van der Waals surface area contributed by atoms with E-state index >= 15 is 0 Å². The number of nitrogens with two attached hydrogens (primary N) is 1. The molecule has 1 fully saturated rings. The monoisotopic (exact) mass is 295 g/mol. The Hall–Kier alpha value is -1.62. The van der Waals surface area contributed by atoms with Crippen molar-refractivity contribution in [3.63, 3.8) is 0 Å². The van der Waals surface area contributed by atoms with Gasteiger partial charge in [-0.25, -0.2) is 0 Å². The van der Waals surface area contributed by atoms with E-state index < -0.39 is 0 Å². The zero-order valence-corrected chi connectivity index (χ0v) is 12.7. The Labute approximate surface area is 126 Å². The van der Waals surface area contributed by atoms with Crippen molar-refractivity contribution < 1.29 is 9.53 Å². The number of hydrogen-bond donors (Lipinski definition) is 2. The molecule has 21 heavy (non-hydrogen) atoms. The first-order valence-electron chi connectivity index (χ1n) is 7.27. The quantitative estimate of drug-likeness (QED) is 0.343. The number of amides is 1. The fourth-order valence-electron chi connectivity index (χ4n) is 2.16. The lowest BCUT2D eigenvalue weighted by Crippen LogP contribution is -2.50. The van der Waals surface area contributed by atoms with E-state index in [4.69, 9.17) is 15.7 Å². The number of nitriles is 1. The predicted molar refractivity (Wildman–Crippen MR) is 80.3 cm³/mol. The molecule has 0 bridgehead atoms. The number of nitrogens with one attached hydrogen (secondary N) is 1. The van der Waals surface area contributed by atoms with Crippen LogP contribution in [0.4, 0.5) is 0 Å². The summed E-state index contributed by atoms with van der Waals surface area (Å²) in [6, 6.07) is 1.97. The van der Waals surface area contributed by atoms with Crippen LogP contribution in [0.1, 0.15) is 6.42 Å². The molecule has 0 aromatic carbocycles. The second-order valence-electron chi connectivity index (χ2n) is 4.89.